The molecule has 0 aliphatic carbocycles. The Morgan fingerprint density at radius 3 is 0.789 bits per heavy atom. The molecule has 0 amide bonds. The first-order valence-electron chi connectivity index (χ1n) is 31.7. The standard InChI is InChI=1S/C71H118O5/c1-3-5-7-9-11-13-15-17-19-21-23-25-27-29-30-31-32-33-34-35-36-37-38-39-40-42-44-46-48-50-52-54-56-58-60-62-64-66-71(74)76-69(67-72)68-75-70(73)65-63-61-59-57-55-53-51-49-47-45-43-41-28-26-24-22-20-18-16-14-12-10-8-6-4-2/h5-8,11-14,17-20,23-26,29-30,32-33,35-36,69,72H,3-4,9-10,15-16,21-22,27-28,31,34,37-68H2,1-2H3/b7-5-,8-6-,13-11-,14-12-,19-17-,20-18-,25-23-,26-24-,30-29-,33-32-,36-35-. The predicted octanol–water partition coefficient (Wildman–Crippen LogP) is 22.0. The minimum atomic E-state index is -0.781. The fourth-order valence-electron chi connectivity index (χ4n) is 8.76. The van der Waals surface area contributed by atoms with Gasteiger partial charge in [0, 0.05) is 12.8 Å². The van der Waals surface area contributed by atoms with Gasteiger partial charge in [-0.25, -0.2) is 0 Å². The highest BCUT2D eigenvalue weighted by molar-refractivity contribution is 5.70. The van der Waals surface area contributed by atoms with Crippen molar-refractivity contribution in [2.45, 2.75) is 290 Å². The van der Waals surface area contributed by atoms with Crippen LogP contribution in [0.25, 0.3) is 0 Å². The summed E-state index contributed by atoms with van der Waals surface area (Å²) in [5.74, 6) is -0.591. The lowest BCUT2D eigenvalue weighted by atomic mass is 10.0. The molecule has 0 bridgehead atoms. The Labute approximate surface area is 470 Å². The summed E-state index contributed by atoms with van der Waals surface area (Å²) in [7, 11) is 0. The fraction of sp³-hybridized carbons (Fsp3) is 0.662. The fourth-order valence-corrected chi connectivity index (χ4v) is 8.76. The lowest BCUT2D eigenvalue weighted by Crippen LogP contribution is -2.28. The normalized spacial score (nSPS) is 13.1. The number of rotatable bonds is 57. The quantitative estimate of drug-likeness (QED) is 0.0373. The van der Waals surface area contributed by atoms with Crippen LogP contribution in [-0.4, -0.2) is 36.4 Å². The molecule has 1 unspecified atom stereocenters. The van der Waals surface area contributed by atoms with Gasteiger partial charge in [-0.2, -0.15) is 0 Å². The Morgan fingerprint density at radius 1 is 0.303 bits per heavy atom. The number of aliphatic hydroxyl groups is 1. The van der Waals surface area contributed by atoms with Gasteiger partial charge in [-0.3, -0.25) is 9.59 Å². The van der Waals surface area contributed by atoms with Crippen molar-refractivity contribution in [1.82, 2.24) is 0 Å². The molecule has 432 valence electrons. The molecule has 5 heteroatoms. The van der Waals surface area contributed by atoms with Gasteiger partial charge in [-0.15, -0.1) is 0 Å². The highest BCUT2D eigenvalue weighted by atomic mass is 16.6. The monoisotopic (exact) mass is 1050 g/mol. The maximum atomic E-state index is 12.3. The van der Waals surface area contributed by atoms with E-state index in [4.69, 9.17) is 9.47 Å². The van der Waals surface area contributed by atoms with E-state index in [-0.39, 0.29) is 25.2 Å². The molecule has 5 nitrogen and oxygen atoms in total. The summed E-state index contributed by atoms with van der Waals surface area (Å²) < 4.78 is 10.7. The van der Waals surface area contributed by atoms with Crippen molar-refractivity contribution in [2.24, 2.45) is 0 Å². The highest BCUT2D eigenvalue weighted by Crippen LogP contribution is 2.16. The molecule has 0 rings (SSSR count). The molecule has 0 aromatic heterocycles. The maximum Gasteiger partial charge on any atom is 0.306 e. The highest BCUT2D eigenvalue weighted by Gasteiger charge is 2.16. The van der Waals surface area contributed by atoms with Crippen LogP contribution in [0.15, 0.2) is 134 Å². The van der Waals surface area contributed by atoms with Gasteiger partial charge in [-0.1, -0.05) is 295 Å². The molecule has 76 heavy (non-hydrogen) atoms. The third-order valence-corrected chi connectivity index (χ3v) is 13.4. The van der Waals surface area contributed by atoms with Gasteiger partial charge in [-0.05, 0) is 109 Å². The van der Waals surface area contributed by atoms with Crippen LogP contribution in [0.1, 0.15) is 284 Å². The second kappa shape index (κ2) is 65.3. The molecule has 0 heterocycles. The Hall–Kier alpha value is -3.96. The van der Waals surface area contributed by atoms with Crippen LogP contribution in [-0.2, 0) is 19.1 Å². The zero-order valence-electron chi connectivity index (χ0n) is 49.5. The summed E-state index contributed by atoms with van der Waals surface area (Å²) in [5, 5.41) is 9.68. The lowest BCUT2D eigenvalue weighted by Gasteiger charge is -2.15. The van der Waals surface area contributed by atoms with Crippen molar-refractivity contribution in [3.8, 4) is 0 Å². The first kappa shape index (κ1) is 72.0. The van der Waals surface area contributed by atoms with Crippen molar-refractivity contribution < 1.29 is 24.2 Å². The summed E-state index contributed by atoms with van der Waals surface area (Å²) in [6.07, 6.45) is 97.3. The molecule has 0 aromatic carbocycles. The molecule has 0 spiro atoms. The summed E-state index contributed by atoms with van der Waals surface area (Å²) >= 11 is 0. The molecule has 0 saturated carbocycles. The van der Waals surface area contributed by atoms with Crippen LogP contribution >= 0.6 is 0 Å². The van der Waals surface area contributed by atoms with Crippen molar-refractivity contribution in [1.29, 1.82) is 0 Å². The Balaban J connectivity index is 3.50. The van der Waals surface area contributed by atoms with Crippen LogP contribution in [0.2, 0.25) is 0 Å². The molecule has 0 radical (unpaired) electrons. The van der Waals surface area contributed by atoms with E-state index < -0.39 is 6.10 Å². The first-order valence-corrected chi connectivity index (χ1v) is 31.7. The van der Waals surface area contributed by atoms with Gasteiger partial charge in [0.25, 0.3) is 0 Å². The number of carbonyl (C=O) groups excluding carboxylic acids is 2. The van der Waals surface area contributed by atoms with E-state index in [9.17, 15) is 14.7 Å². The van der Waals surface area contributed by atoms with Crippen LogP contribution in [0, 0.1) is 0 Å². The number of hydrogen-bond acceptors (Lipinski definition) is 5. The smallest absolute Gasteiger partial charge is 0.306 e. The van der Waals surface area contributed by atoms with Gasteiger partial charge in [0.2, 0.25) is 0 Å². The van der Waals surface area contributed by atoms with Crippen molar-refractivity contribution in [3.05, 3.63) is 134 Å². The van der Waals surface area contributed by atoms with Crippen LogP contribution in [0.4, 0.5) is 0 Å². The number of unbranched alkanes of at least 4 members (excludes halogenated alkanes) is 27. The van der Waals surface area contributed by atoms with E-state index in [1.54, 1.807) is 0 Å². The molecule has 0 aliphatic heterocycles. The van der Waals surface area contributed by atoms with E-state index in [2.05, 4.69) is 148 Å². The summed E-state index contributed by atoms with van der Waals surface area (Å²) in [6.45, 7) is 3.93. The summed E-state index contributed by atoms with van der Waals surface area (Å²) in [4.78, 5) is 24.6. The molecule has 0 fully saturated rings. The second-order valence-electron chi connectivity index (χ2n) is 20.7. The van der Waals surface area contributed by atoms with Crippen molar-refractivity contribution in [3.63, 3.8) is 0 Å². The molecule has 1 N–H and O–H groups in total. The predicted molar refractivity (Wildman–Crippen MR) is 334 cm³/mol. The summed E-state index contributed by atoms with van der Waals surface area (Å²) in [5.41, 5.74) is 0. The average molecular weight is 1050 g/mol. The molecule has 0 aliphatic rings. The molecule has 1 atom stereocenters. The number of hydrogen-bond donors (Lipinski definition) is 1. The molecular weight excluding hydrogens is 933 g/mol. The number of aliphatic hydroxyl groups excluding tert-OH is 1. The Morgan fingerprint density at radius 2 is 0.526 bits per heavy atom. The molecule has 0 aromatic rings. The van der Waals surface area contributed by atoms with Gasteiger partial charge in [0.1, 0.15) is 6.61 Å². The van der Waals surface area contributed by atoms with Gasteiger partial charge < -0.3 is 14.6 Å². The first-order chi connectivity index (χ1) is 37.6. The van der Waals surface area contributed by atoms with E-state index in [0.29, 0.717) is 12.8 Å². The van der Waals surface area contributed by atoms with E-state index in [1.165, 1.54) is 148 Å². The van der Waals surface area contributed by atoms with E-state index in [1.807, 2.05) is 0 Å². The zero-order chi connectivity index (χ0) is 54.8. The Kier molecular flexibility index (Phi) is 61.9. The number of ether oxygens (including phenoxy) is 2. The van der Waals surface area contributed by atoms with Crippen molar-refractivity contribution >= 4 is 11.9 Å². The number of carbonyl (C=O) groups is 2. The third-order valence-electron chi connectivity index (χ3n) is 13.4. The zero-order valence-corrected chi connectivity index (χ0v) is 49.5. The second-order valence-corrected chi connectivity index (χ2v) is 20.7. The molecule has 0 saturated heterocycles. The van der Waals surface area contributed by atoms with Gasteiger partial charge >= 0.3 is 11.9 Å². The SMILES string of the molecule is CC/C=C\C/C=C\C/C=C\C/C=C\C/C=C\C/C=C\C/C=C\CCCCCCCCCCCCCCCCCC(=O)OC(CO)COC(=O)CCCCCCCCCCCCCC/C=C\C/C=C\C/C=C\C/C=C\CC. The minimum Gasteiger partial charge on any atom is -0.462 e. The Bertz CT molecular complexity index is 1570. The third kappa shape index (κ3) is 62.6. The lowest BCUT2D eigenvalue weighted by molar-refractivity contribution is -0.161. The summed E-state index contributed by atoms with van der Waals surface area (Å²) in [6, 6.07) is 0. The van der Waals surface area contributed by atoms with Crippen molar-refractivity contribution in [2.75, 3.05) is 13.2 Å². The van der Waals surface area contributed by atoms with Crippen LogP contribution in [0.5, 0.6) is 0 Å². The average Bonchev–Trinajstić information content (AvgIpc) is 3.42. The number of allylic oxidation sites excluding steroid dienone is 22. The number of esters is 2. The largest absolute Gasteiger partial charge is 0.462 e. The minimum absolute atomic E-state index is 0.0713. The van der Waals surface area contributed by atoms with Gasteiger partial charge in [0.15, 0.2) is 6.10 Å². The van der Waals surface area contributed by atoms with E-state index >= 15 is 0 Å². The maximum absolute atomic E-state index is 12.3. The molecular formula is C71H118O5. The van der Waals surface area contributed by atoms with Crippen LogP contribution in [0.3, 0.4) is 0 Å². The van der Waals surface area contributed by atoms with Crippen LogP contribution < -0.4 is 0 Å². The topological polar surface area (TPSA) is 72.8 Å². The van der Waals surface area contributed by atoms with E-state index in [0.717, 1.165) is 109 Å². The van der Waals surface area contributed by atoms with Gasteiger partial charge in [0.05, 0.1) is 6.61 Å².